The van der Waals surface area contributed by atoms with Crippen LogP contribution in [0.15, 0.2) is 45.3 Å². The predicted octanol–water partition coefficient (Wildman–Crippen LogP) is 6.31. The van der Waals surface area contributed by atoms with Crippen LogP contribution >= 0.6 is 31.9 Å². The Labute approximate surface area is 171 Å². The van der Waals surface area contributed by atoms with Crippen LogP contribution in [-0.2, 0) is 5.41 Å². The molecule has 0 amide bonds. The normalized spacial score (nSPS) is 16.2. The molecule has 0 unspecified atom stereocenters. The van der Waals surface area contributed by atoms with Gasteiger partial charge in [-0.2, -0.15) is 0 Å². The molecule has 0 aromatic heterocycles. The number of hydrogen-bond acceptors (Lipinski definition) is 3. The third-order valence-electron chi connectivity index (χ3n) is 5.26. The molecule has 1 fully saturated rings. The van der Waals surface area contributed by atoms with E-state index in [1.807, 2.05) is 36.4 Å². The highest BCUT2D eigenvalue weighted by atomic mass is 79.9. The molecule has 3 nitrogen and oxygen atoms in total. The van der Waals surface area contributed by atoms with Crippen LogP contribution in [0.25, 0.3) is 0 Å². The number of Topliss-reactive ketones (excluding diaryl/α,β-unsaturated/α-hetero) is 1. The summed E-state index contributed by atoms with van der Waals surface area (Å²) >= 11 is 7.08. The fourth-order valence-corrected chi connectivity index (χ4v) is 4.93. The average Bonchev–Trinajstić information content (AvgIpc) is 2.67. The zero-order chi connectivity index (χ0) is 18.7. The Hall–Kier alpha value is -1.33. The van der Waals surface area contributed by atoms with Gasteiger partial charge in [0.2, 0.25) is 0 Å². The van der Waals surface area contributed by atoms with Crippen LogP contribution in [0.3, 0.4) is 0 Å². The third kappa shape index (κ3) is 3.56. The first kappa shape index (κ1) is 19.4. The van der Waals surface area contributed by atoms with Gasteiger partial charge in [-0.1, -0.05) is 25.3 Å². The van der Waals surface area contributed by atoms with Crippen LogP contribution in [0.2, 0.25) is 0 Å². The second-order valence-corrected chi connectivity index (χ2v) is 8.38. The molecule has 0 aliphatic heterocycles. The molecule has 2 aromatic rings. The van der Waals surface area contributed by atoms with Gasteiger partial charge in [0.05, 0.1) is 28.6 Å². The Morgan fingerprint density at radius 1 is 0.885 bits per heavy atom. The van der Waals surface area contributed by atoms with Crippen molar-refractivity contribution in [1.29, 1.82) is 0 Å². The minimum Gasteiger partial charge on any atom is -0.496 e. The van der Waals surface area contributed by atoms with E-state index in [-0.39, 0.29) is 5.78 Å². The molecule has 0 saturated heterocycles. The first-order chi connectivity index (χ1) is 12.5. The molecular formula is C21H22Br2O3. The lowest BCUT2D eigenvalue weighted by Gasteiger charge is -2.37. The van der Waals surface area contributed by atoms with Crippen molar-refractivity contribution in [3.05, 3.63) is 56.5 Å². The predicted molar refractivity (Wildman–Crippen MR) is 110 cm³/mol. The van der Waals surface area contributed by atoms with Crippen molar-refractivity contribution in [1.82, 2.24) is 0 Å². The summed E-state index contributed by atoms with van der Waals surface area (Å²) in [6.07, 6.45) is 5.04. The number of carbonyl (C=O) groups excluding carboxylic acids is 1. The summed E-state index contributed by atoms with van der Waals surface area (Å²) in [4.78, 5) is 13.6. The zero-order valence-corrected chi connectivity index (χ0v) is 18.2. The molecule has 1 saturated carbocycles. The average molecular weight is 482 g/mol. The number of carbonyl (C=O) groups is 1. The van der Waals surface area contributed by atoms with Gasteiger partial charge < -0.3 is 9.47 Å². The number of ether oxygens (including phenoxy) is 2. The van der Waals surface area contributed by atoms with Gasteiger partial charge in [0.25, 0.3) is 0 Å². The van der Waals surface area contributed by atoms with Gasteiger partial charge in [0.15, 0.2) is 5.78 Å². The summed E-state index contributed by atoms with van der Waals surface area (Å²) in [5.74, 6) is 1.68. The minimum atomic E-state index is -0.485. The summed E-state index contributed by atoms with van der Waals surface area (Å²) in [6.45, 7) is 0. The van der Waals surface area contributed by atoms with E-state index in [0.717, 1.165) is 51.7 Å². The quantitative estimate of drug-likeness (QED) is 0.469. The van der Waals surface area contributed by atoms with E-state index in [2.05, 4.69) is 31.9 Å². The molecule has 26 heavy (non-hydrogen) atoms. The molecule has 0 atom stereocenters. The van der Waals surface area contributed by atoms with Crippen molar-refractivity contribution in [2.45, 2.75) is 37.5 Å². The number of halogens is 2. The maximum Gasteiger partial charge on any atom is 0.173 e. The van der Waals surface area contributed by atoms with Crippen molar-refractivity contribution >= 4 is 37.6 Å². The summed E-state index contributed by atoms with van der Waals surface area (Å²) in [7, 11) is 3.27. The summed E-state index contributed by atoms with van der Waals surface area (Å²) in [5.41, 5.74) is 1.29. The molecule has 0 N–H and O–H groups in total. The Morgan fingerprint density at radius 2 is 1.46 bits per heavy atom. The first-order valence-corrected chi connectivity index (χ1v) is 10.3. The molecule has 1 aliphatic carbocycles. The van der Waals surface area contributed by atoms with Crippen LogP contribution in [0, 0.1) is 0 Å². The molecule has 2 aromatic carbocycles. The molecule has 3 rings (SSSR count). The highest BCUT2D eigenvalue weighted by Crippen LogP contribution is 2.44. The van der Waals surface area contributed by atoms with Crippen LogP contribution in [0.5, 0.6) is 11.5 Å². The number of rotatable bonds is 5. The summed E-state index contributed by atoms with van der Waals surface area (Å²) in [5, 5.41) is 0. The van der Waals surface area contributed by atoms with Crippen molar-refractivity contribution in [3.8, 4) is 11.5 Å². The summed E-state index contributed by atoms with van der Waals surface area (Å²) < 4.78 is 12.3. The van der Waals surface area contributed by atoms with E-state index in [1.54, 1.807) is 14.2 Å². The highest BCUT2D eigenvalue weighted by molar-refractivity contribution is 9.10. The molecular weight excluding hydrogens is 460 g/mol. The number of ketones is 1. The van der Waals surface area contributed by atoms with Gasteiger partial charge in [-0.3, -0.25) is 4.79 Å². The van der Waals surface area contributed by atoms with E-state index < -0.39 is 5.41 Å². The maximum atomic E-state index is 13.6. The number of methoxy groups -OCH3 is 2. The Kier molecular flexibility index (Phi) is 6.08. The van der Waals surface area contributed by atoms with E-state index in [1.165, 1.54) is 6.42 Å². The lowest BCUT2D eigenvalue weighted by atomic mass is 9.65. The number of hydrogen-bond donors (Lipinski definition) is 0. The SMILES string of the molecule is COc1ccc(C(=O)C2(c3ccc(OC)c(Br)c3)CCCCC2)cc1Br. The summed E-state index contributed by atoms with van der Waals surface area (Å²) in [6, 6.07) is 11.6. The van der Waals surface area contributed by atoms with E-state index >= 15 is 0 Å². The van der Waals surface area contributed by atoms with Gasteiger partial charge in [-0.15, -0.1) is 0 Å². The smallest absolute Gasteiger partial charge is 0.173 e. The monoisotopic (exact) mass is 480 g/mol. The van der Waals surface area contributed by atoms with Crippen molar-refractivity contribution in [3.63, 3.8) is 0 Å². The fourth-order valence-electron chi connectivity index (χ4n) is 3.85. The Balaban J connectivity index is 2.06. The molecule has 0 heterocycles. The standard InChI is InChI=1S/C21H22Br2O3/c1-25-18-8-6-14(12-16(18)22)20(24)21(10-4-3-5-11-21)15-7-9-19(26-2)17(23)13-15/h6-9,12-13H,3-5,10-11H2,1-2H3. The van der Waals surface area contributed by atoms with Crippen molar-refractivity contribution in [2.75, 3.05) is 14.2 Å². The topological polar surface area (TPSA) is 35.5 Å². The highest BCUT2D eigenvalue weighted by Gasteiger charge is 2.41. The van der Waals surface area contributed by atoms with Gasteiger partial charge >= 0.3 is 0 Å². The largest absolute Gasteiger partial charge is 0.496 e. The van der Waals surface area contributed by atoms with Gasteiger partial charge in [0.1, 0.15) is 11.5 Å². The molecule has 0 spiro atoms. The Morgan fingerprint density at radius 3 is 2.00 bits per heavy atom. The van der Waals surface area contributed by atoms with Crippen LogP contribution in [0.1, 0.15) is 48.0 Å². The van der Waals surface area contributed by atoms with Crippen LogP contribution < -0.4 is 9.47 Å². The number of benzene rings is 2. The van der Waals surface area contributed by atoms with Gasteiger partial charge in [0, 0.05) is 5.56 Å². The first-order valence-electron chi connectivity index (χ1n) is 8.74. The van der Waals surface area contributed by atoms with Crippen LogP contribution in [0.4, 0.5) is 0 Å². The van der Waals surface area contributed by atoms with E-state index in [0.29, 0.717) is 5.56 Å². The molecule has 138 valence electrons. The van der Waals surface area contributed by atoms with Crippen molar-refractivity contribution < 1.29 is 14.3 Å². The van der Waals surface area contributed by atoms with Gasteiger partial charge in [-0.25, -0.2) is 0 Å². The zero-order valence-electron chi connectivity index (χ0n) is 15.0. The van der Waals surface area contributed by atoms with Crippen molar-refractivity contribution in [2.24, 2.45) is 0 Å². The maximum absolute atomic E-state index is 13.6. The molecule has 1 aliphatic rings. The Bertz CT molecular complexity index is 811. The lowest BCUT2D eigenvalue weighted by Crippen LogP contribution is -2.38. The lowest BCUT2D eigenvalue weighted by molar-refractivity contribution is 0.0839. The molecule has 0 bridgehead atoms. The molecule has 5 heteroatoms. The second kappa shape index (κ2) is 8.13. The van der Waals surface area contributed by atoms with E-state index in [9.17, 15) is 4.79 Å². The minimum absolute atomic E-state index is 0.178. The third-order valence-corrected chi connectivity index (χ3v) is 6.50. The van der Waals surface area contributed by atoms with E-state index in [4.69, 9.17) is 9.47 Å². The fraction of sp³-hybridized carbons (Fsp3) is 0.381. The van der Waals surface area contributed by atoms with Gasteiger partial charge in [-0.05, 0) is 80.6 Å². The molecule has 0 radical (unpaired) electrons. The second-order valence-electron chi connectivity index (χ2n) is 6.67. The van der Waals surface area contributed by atoms with Crippen LogP contribution in [-0.4, -0.2) is 20.0 Å².